The first-order chi connectivity index (χ1) is 11.8. The van der Waals surface area contributed by atoms with Gasteiger partial charge in [0.1, 0.15) is 5.82 Å². The van der Waals surface area contributed by atoms with Crippen LogP contribution in [0.1, 0.15) is 17.0 Å². The molecule has 0 unspecified atom stereocenters. The van der Waals surface area contributed by atoms with Crippen LogP contribution in [0.3, 0.4) is 0 Å². The van der Waals surface area contributed by atoms with Crippen LogP contribution in [0.25, 0.3) is 11.4 Å². The number of hydrogen-bond donors (Lipinski definition) is 1. The van der Waals surface area contributed by atoms with Crippen LogP contribution in [0, 0.1) is 5.82 Å². The number of aromatic nitrogens is 3. The van der Waals surface area contributed by atoms with Crippen LogP contribution in [0.15, 0.2) is 45.8 Å². The number of H-pyrrole nitrogens is 1. The number of alkyl halides is 3. The summed E-state index contributed by atoms with van der Waals surface area (Å²) in [5.41, 5.74) is 0.506. The Labute approximate surface area is 138 Å². The van der Waals surface area contributed by atoms with Crippen LogP contribution in [-0.4, -0.2) is 15.1 Å². The minimum absolute atomic E-state index is 0.138. The van der Waals surface area contributed by atoms with Gasteiger partial charge >= 0.3 is 12.1 Å². The molecule has 0 radical (unpaired) electrons. The molecule has 0 aliphatic carbocycles. The maximum atomic E-state index is 13.2. The Hall–Kier alpha value is -2.97. The van der Waals surface area contributed by atoms with Gasteiger partial charge in [0.25, 0.3) is 5.56 Å². The first kappa shape index (κ1) is 16.9. The average molecular weight is 353 g/mol. The molecular formula is C16H11F4N3O2. The second kappa shape index (κ2) is 6.50. The number of pyridine rings is 1. The third-order valence-electron chi connectivity index (χ3n) is 3.53. The highest BCUT2D eigenvalue weighted by Gasteiger charge is 2.38. The van der Waals surface area contributed by atoms with Gasteiger partial charge in [-0.2, -0.15) is 18.2 Å². The lowest BCUT2D eigenvalue weighted by Gasteiger charge is -2.05. The second-order valence-electron chi connectivity index (χ2n) is 5.25. The Morgan fingerprint density at radius 3 is 2.64 bits per heavy atom. The van der Waals surface area contributed by atoms with Crippen molar-refractivity contribution in [2.24, 2.45) is 0 Å². The molecule has 130 valence electrons. The minimum atomic E-state index is -4.77. The first-order valence-corrected chi connectivity index (χ1v) is 7.21. The van der Waals surface area contributed by atoms with E-state index in [2.05, 4.69) is 19.6 Å². The fourth-order valence-corrected chi connectivity index (χ4v) is 2.38. The van der Waals surface area contributed by atoms with Crippen molar-refractivity contribution in [2.75, 3.05) is 0 Å². The lowest BCUT2D eigenvalue weighted by Crippen LogP contribution is -2.14. The molecule has 0 fully saturated rings. The molecule has 0 amide bonds. The first-order valence-electron chi connectivity index (χ1n) is 7.21. The van der Waals surface area contributed by atoms with Gasteiger partial charge in [0.05, 0.1) is 0 Å². The average Bonchev–Trinajstić information content (AvgIpc) is 3.03. The second-order valence-corrected chi connectivity index (χ2v) is 5.25. The molecule has 0 spiro atoms. The molecule has 1 aromatic carbocycles. The van der Waals surface area contributed by atoms with Crippen molar-refractivity contribution in [1.29, 1.82) is 0 Å². The predicted molar refractivity (Wildman–Crippen MR) is 79.2 cm³/mol. The number of hydrogen-bond acceptors (Lipinski definition) is 4. The maximum Gasteiger partial charge on any atom is 0.471 e. The molecule has 0 saturated heterocycles. The number of aromatic amines is 1. The van der Waals surface area contributed by atoms with Crippen LogP contribution in [0.4, 0.5) is 17.6 Å². The van der Waals surface area contributed by atoms with E-state index in [1.807, 2.05) is 0 Å². The number of aryl methyl sites for hydroxylation is 1. The monoisotopic (exact) mass is 353 g/mol. The summed E-state index contributed by atoms with van der Waals surface area (Å²) in [6.45, 7) is 0. The summed E-state index contributed by atoms with van der Waals surface area (Å²) in [6, 6.07) is 7.24. The number of halogens is 4. The summed E-state index contributed by atoms with van der Waals surface area (Å²) in [7, 11) is 0. The molecule has 25 heavy (non-hydrogen) atoms. The van der Waals surface area contributed by atoms with E-state index < -0.39 is 23.4 Å². The van der Waals surface area contributed by atoms with E-state index in [0.29, 0.717) is 12.0 Å². The molecule has 0 bridgehead atoms. The topological polar surface area (TPSA) is 71.8 Å². The third kappa shape index (κ3) is 3.76. The Balaban J connectivity index is 1.92. The zero-order valence-electron chi connectivity index (χ0n) is 12.6. The van der Waals surface area contributed by atoms with Gasteiger partial charge in [0, 0.05) is 17.3 Å². The van der Waals surface area contributed by atoms with Gasteiger partial charge in [0.2, 0.25) is 5.82 Å². The standard InChI is InChI=1S/C16H11F4N3O2/c17-10-3-1-2-9(8-10)4-5-12-11(6-7-21-14(12)24)13-22-15(25-23-13)16(18,19)20/h1-3,6-8H,4-5H2,(H,21,24). The lowest BCUT2D eigenvalue weighted by molar-refractivity contribution is -0.159. The van der Waals surface area contributed by atoms with Gasteiger partial charge in [-0.3, -0.25) is 4.79 Å². The van der Waals surface area contributed by atoms with Crippen LogP contribution in [-0.2, 0) is 19.0 Å². The van der Waals surface area contributed by atoms with Crippen molar-refractivity contribution in [1.82, 2.24) is 15.1 Å². The van der Waals surface area contributed by atoms with Crippen molar-refractivity contribution < 1.29 is 22.1 Å². The van der Waals surface area contributed by atoms with E-state index in [1.54, 1.807) is 6.07 Å². The van der Waals surface area contributed by atoms with Gasteiger partial charge in [-0.05, 0) is 36.6 Å². The number of benzene rings is 1. The van der Waals surface area contributed by atoms with E-state index in [4.69, 9.17) is 0 Å². The summed E-state index contributed by atoms with van der Waals surface area (Å²) >= 11 is 0. The van der Waals surface area contributed by atoms with Gasteiger partial charge < -0.3 is 9.51 Å². The molecule has 2 aromatic heterocycles. The van der Waals surface area contributed by atoms with Crippen LogP contribution in [0.2, 0.25) is 0 Å². The van der Waals surface area contributed by atoms with Crippen LogP contribution >= 0.6 is 0 Å². The summed E-state index contributed by atoms with van der Waals surface area (Å²) < 4.78 is 55.2. The smallest absolute Gasteiger partial charge is 0.329 e. The molecule has 2 heterocycles. The van der Waals surface area contributed by atoms with Gasteiger partial charge in [-0.1, -0.05) is 17.3 Å². The highest BCUT2D eigenvalue weighted by atomic mass is 19.4. The van der Waals surface area contributed by atoms with Crippen LogP contribution < -0.4 is 5.56 Å². The summed E-state index contributed by atoms with van der Waals surface area (Å²) in [6.07, 6.45) is -2.99. The molecule has 3 rings (SSSR count). The zero-order valence-corrected chi connectivity index (χ0v) is 12.6. The lowest BCUT2D eigenvalue weighted by atomic mass is 10.0. The molecule has 1 N–H and O–H groups in total. The molecule has 0 saturated carbocycles. The quantitative estimate of drug-likeness (QED) is 0.730. The number of nitrogens with one attached hydrogen (secondary N) is 1. The number of rotatable bonds is 4. The fourth-order valence-electron chi connectivity index (χ4n) is 2.38. The normalized spacial score (nSPS) is 11.7. The highest BCUT2D eigenvalue weighted by molar-refractivity contribution is 5.58. The fraction of sp³-hybridized carbons (Fsp3) is 0.188. The van der Waals surface area contributed by atoms with Crippen molar-refractivity contribution in [3.63, 3.8) is 0 Å². The zero-order chi connectivity index (χ0) is 18.0. The van der Waals surface area contributed by atoms with Gasteiger partial charge in [0.15, 0.2) is 0 Å². The van der Waals surface area contributed by atoms with Gasteiger partial charge in [-0.15, -0.1) is 0 Å². The summed E-state index contributed by atoms with van der Waals surface area (Å²) in [4.78, 5) is 17.8. The van der Waals surface area contributed by atoms with E-state index in [1.165, 1.54) is 30.5 Å². The van der Waals surface area contributed by atoms with Crippen molar-refractivity contribution in [3.05, 3.63) is 69.7 Å². The molecule has 0 aliphatic heterocycles. The van der Waals surface area contributed by atoms with Gasteiger partial charge in [-0.25, -0.2) is 4.39 Å². The van der Waals surface area contributed by atoms with Crippen molar-refractivity contribution >= 4 is 0 Å². The van der Waals surface area contributed by atoms with Crippen molar-refractivity contribution in [3.8, 4) is 11.4 Å². The number of nitrogens with zero attached hydrogens (tertiary/aromatic N) is 2. The highest BCUT2D eigenvalue weighted by Crippen LogP contribution is 2.29. The molecule has 3 aromatic rings. The Morgan fingerprint density at radius 1 is 1.16 bits per heavy atom. The van der Waals surface area contributed by atoms with E-state index in [9.17, 15) is 22.4 Å². The molecular weight excluding hydrogens is 342 g/mol. The van der Waals surface area contributed by atoms with Crippen molar-refractivity contribution in [2.45, 2.75) is 19.0 Å². The summed E-state index contributed by atoms with van der Waals surface area (Å²) in [5, 5.41) is 3.30. The molecule has 5 nitrogen and oxygen atoms in total. The SMILES string of the molecule is O=c1[nH]ccc(-c2noc(C(F)(F)F)n2)c1CCc1cccc(F)c1. The van der Waals surface area contributed by atoms with E-state index >= 15 is 0 Å². The third-order valence-corrected chi connectivity index (χ3v) is 3.53. The Morgan fingerprint density at radius 2 is 1.96 bits per heavy atom. The Kier molecular flexibility index (Phi) is 4.39. The van der Waals surface area contributed by atoms with Crippen LogP contribution in [0.5, 0.6) is 0 Å². The van der Waals surface area contributed by atoms with E-state index in [-0.39, 0.29) is 23.4 Å². The molecule has 0 aliphatic rings. The minimum Gasteiger partial charge on any atom is -0.329 e. The Bertz CT molecular complexity index is 947. The summed E-state index contributed by atoms with van der Waals surface area (Å²) in [5.74, 6) is -2.22. The maximum absolute atomic E-state index is 13.2. The molecule has 0 atom stereocenters. The molecule has 9 heteroatoms. The largest absolute Gasteiger partial charge is 0.471 e. The predicted octanol–water partition coefficient (Wildman–Crippen LogP) is 3.37. The van der Waals surface area contributed by atoms with E-state index in [0.717, 1.165) is 0 Å².